The molecule has 0 aliphatic carbocycles. The molecule has 1 aromatic carbocycles. The van der Waals surface area contributed by atoms with Crippen LogP contribution in [0.2, 0.25) is 0 Å². The summed E-state index contributed by atoms with van der Waals surface area (Å²) in [6.07, 6.45) is 1.56. The first-order valence-electron chi connectivity index (χ1n) is 8.21. The molecule has 0 saturated carbocycles. The lowest BCUT2D eigenvalue weighted by Gasteiger charge is -2.27. The number of nitrogens with zero attached hydrogens (tertiary/aromatic N) is 5. The molecule has 8 heteroatoms. The van der Waals surface area contributed by atoms with Gasteiger partial charge >= 0.3 is 5.69 Å². The van der Waals surface area contributed by atoms with Gasteiger partial charge in [0.2, 0.25) is 0 Å². The molecule has 3 heterocycles. The molecule has 1 aliphatic rings. The smallest absolute Gasteiger partial charge is 0.328 e. The molecule has 1 N–H and O–H groups in total. The molecule has 3 aromatic rings. The van der Waals surface area contributed by atoms with E-state index in [1.165, 1.54) is 0 Å². The Bertz CT molecular complexity index is 971. The minimum absolute atomic E-state index is 0.0382. The molecule has 1 fully saturated rings. The van der Waals surface area contributed by atoms with Crippen LogP contribution in [0.25, 0.3) is 11.0 Å². The van der Waals surface area contributed by atoms with E-state index in [0.717, 1.165) is 41.4 Å². The molecule has 0 spiro atoms. The van der Waals surface area contributed by atoms with Crippen molar-refractivity contribution in [2.75, 3.05) is 36.5 Å². The third kappa shape index (κ3) is 2.85. The average Bonchev–Trinajstić information content (AvgIpc) is 2.87. The molecule has 130 valence electrons. The van der Waals surface area contributed by atoms with Crippen LogP contribution in [0.5, 0.6) is 0 Å². The fraction of sp³-hybridized carbons (Fsp3) is 0.353. The van der Waals surface area contributed by atoms with E-state index in [1.807, 2.05) is 24.3 Å². The maximum Gasteiger partial charge on any atom is 0.328 e. The molecule has 1 aliphatic heterocycles. The number of nitrogens with one attached hydrogen (secondary N) is 1. The highest BCUT2D eigenvalue weighted by Crippen LogP contribution is 2.22. The number of hydrogen-bond donors (Lipinski definition) is 1. The Kier molecular flexibility index (Phi) is 3.89. The first-order valence-corrected chi connectivity index (χ1v) is 8.21. The summed E-state index contributed by atoms with van der Waals surface area (Å²) >= 11 is 0. The Morgan fingerprint density at radius 1 is 1.04 bits per heavy atom. The maximum atomic E-state index is 12.0. The van der Waals surface area contributed by atoms with Gasteiger partial charge in [0.1, 0.15) is 18.0 Å². The minimum atomic E-state index is -0.0382. The predicted octanol–water partition coefficient (Wildman–Crippen LogP) is 1.25. The van der Waals surface area contributed by atoms with Crippen molar-refractivity contribution in [2.45, 2.75) is 0 Å². The maximum absolute atomic E-state index is 12.0. The number of aromatic nitrogens is 4. The third-order valence-corrected chi connectivity index (χ3v) is 4.53. The summed E-state index contributed by atoms with van der Waals surface area (Å²) in [6.45, 7) is 3.08. The van der Waals surface area contributed by atoms with E-state index < -0.39 is 0 Å². The second kappa shape index (κ2) is 6.21. The molecule has 25 heavy (non-hydrogen) atoms. The van der Waals surface area contributed by atoms with Crippen molar-refractivity contribution in [3.63, 3.8) is 0 Å². The van der Waals surface area contributed by atoms with Gasteiger partial charge in [0.15, 0.2) is 0 Å². The molecule has 0 radical (unpaired) electrons. The zero-order valence-corrected chi connectivity index (χ0v) is 14.3. The lowest BCUT2D eigenvalue weighted by Crippen LogP contribution is -2.36. The second-order valence-corrected chi connectivity index (χ2v) is 6.09. The quantitative estimate of drug-likeness (QED) is 0.773. The van der Waals surface area contributed by atoms with Crippen molar-refractivity contribution in [3.05, 3.63) is 41.1 Å². The van der Waals surface area contributed by atoms with Crippen LogP contribution in [0.1, 0.15) is 0 Å². The fourth-order valence-electron chi connectivity index (χ4n) is 3.11. The Labute approximate surface area is 144 Å². The highest BCUT2D eigenvalue weighted by molar-refractivity contribution is 5.81. The standard InChI is InChI=1S/C17H20N6O2/c1-21-13-4-3-12(9-14(13)22(2)17(21)24)20-15-10-16(19-11-18-15)23-5-7-25-8-6-23/h3-4,9-11H,5-8H2,1-2H3,(H,18,19,20). The van der Waals surface area contributed by atoms with Crippen molar-refractivity contribution < 1.29 is 4.74 Å². The zero-order chi connectivity index (χ0) is 17.4. The number of morpholine rings is 1. The molecule has 0 unspecified atom stereocenters. The van der Waals surface area contributed by atoms with Gasteiger partial charge in [-0.25, -0.2) is 14.8 Å². The largest absolute Gasteiger partial charge is 0.378 e. The highest BCUT2D eigenvalue weighted by Gasteiger charge is 2.13. The summed E-state index contributed by atoms with van der Waals surface area (Å²) in [5.41, 5.74) is 2.61. The van der Waals surface area contributed by atoms with Gasteiger partial charge in [0.25, 0.3) is 0 Å². The first-order chi connectivity index (χ1) is 12.1. The summed E-state index contributed by atoms with van der Waals surface area (Å²) in [4.78, 5) is 22.9. The number of rotatable bonds is 3. The van der Waals surface area contributed by atoms with Gasteiger partial charge in [-0.3, -0.25) is 9.13 Å². The minimum Gasteiger partial charge on any atom is -0.378 e. The Balaban J connectivity index is 1.62. The average molecular weight is 340 g/mol. The Morgan fingerprint density at radius 2 is 1.80 bits per heavy atom. The number of ether oxygens (including phenoxy) is 1. The number of aryl methyl sites for hydroxylation is 2. The number of anilines is 3. The molecule has 0 amide bonds. The first kappa shape index (κ1) is 15.6. The van der Waals surface area contributed by atoms with E-state index in [9.17, 15) is 4.79 Å². The summed E-state index contributed by atoms with van der Waals surface area (Å²) in [7, 11) is 3.55. The van der Waals surface area contributed by atoms with Gasteiger partial charge in [0, 0.05) is 38.9 Å². The van der Waals surface area contributed by atoms with Gasteiger partial charge in [-0.1, -0.05) is 0 Å². The van der Waals surface area contributed by atoms with Crippen LogP contribution in [-0.4, -0.2) is 45.4 Å². The van der Waals surface area contributed by atoms with Gasteiger partial charge in [-0.2, -0.15) is 0 Å². The molecule has 1 saturated heterocycles. The van der Waals surface area contributed by atoms with Crippen LogP contribution >= 0.6 is 0 Å². The number of benzene rings is 1. The second-order valence-electron chi connectivity index (χ2n) is 6.09. The molecular formula is C17H20N6O2. The van der Waals surface area contributed by atoms with E-state index in [2.05, 4.69) is 20.2 Å². The van der Waals surface area contributed by atoms with Crippen LogP contribution in [0, 0.1) is 0 Å². The third-order valence-electron chi connectivity index (χ3n) is 4.53. The molecule has 0 bridgehead atoms. The van der Waals surface area contributed by atoms with E-state index in [1.54, 1.807) is 29.6 Å². The van der Waals surface area contributed by atoms with Crippen molar-refractivity contribution in [2.24, 2.45) is 14.1 Å². The van der Waals surface area contributed by atoms with E-state index in [4.69, 9.17) is 4.74 Å². The lowest BCUT2D eigenvalue weighted by molar-refractivity contribution is 0.122. The van der Waals surface area contributed by atoms with Crippen LogP contribution in [0.4, 0.5) is 17.3 Å². The van der Waals surface area contributed by atoms with Crippen LogP contribution in [0.15, 0.2) is 35.4 Å². The Morgan fingerprint density at radius 3 is 2.60 bits per heavy atom. The van der Waals surface area contributed by atoms with E-state index in [0.29, 0.717) is 13.2 Å². The number of fused-ring (bicyclic) bond motifs is 1. The summed E-state index contributed by atoms with van der Waals surface area (Å²) < 4.78 is 8.66. The van der Waals surface area contributed by atoms with Gasteiger partial charge in [-0.05, 0) is 18.2 Å². The van der Waals surface area contributed by atoms with Gasteiger partial charge in [0.05, 0.1) is 24.2 Å². The van der Waals surface area contributed by atoms with Crippen molar-refractivity contribution >= 4 is 28.4 Å². The monoisotopic (exact) mass is 340 g/mol. The van der Waals surface area contributed by atoms with Crippen LogP contribution < -0.4 is 15.9 Å². The van der Waals surface area contributed by atoms with Crippen molar-refractivity contribution in [3.8, 4) is 0 Å². The molecule has 4 rings (SSSR count). The van der Waals surface area contributed by atoms with Crippen LogP contribution in [-0.2, 0) is 18.8 Å². The summed E-state index contributed by atoms with van der Waals surface area (Å²) in [5.74, 6) is 1.60. The van der Waals surface area contributed by atoms with E-state index >= 15 is 0 Å². The number of hydrogen-bond acceptors (Lipinski definition) is 6. The van der Waals surface area contributed by atoms with Crippen molar-refractivity contribution in [1.82, 2.24) is 19.1 Å². The zero-order valence-electron chi connectivity index (χ0n) is 14.3. The van der Waals surface area contributed by atoms with E-state index in [-0.39, 0.29) is 5.69 Å². The van der Waals surface area contributed by atoms with Gasteiger partial charge < -0.3 is 15.0 Å². The molecule has 0 atom stereocenters. The SMILES string of the molecule is Cn1c(=O)n(C)c2cc(Nc3cc(N4CCOCC4)ncn3)ccc21. The number of imidazole rings is 1. The Hall–Kier alpha value is -2.87. The predicted molar refractivity (Wildman–Crippen MR) is 96.5 cm³/mol. The highest BCUT2D eigenvalue weighted by atomic mass is 16.5. The fourth-order valence-corrected chi connectivity index (χ4v) is 3.11. The topological polar surface area (TPSA) is 77.2 Å². The normalized spacial score (nSPS) is 14.9. The van der Waals surface area contributed by atoms with Gasteiger partial charge in [-0.15, -0.1) is 0 Å². The molecular weight excluding hydrogens is 320 g/mol. The summed E-state index contributed by atoms with van der Waals surface area (Å²) in [5, 5.41) is 3.30. The van der Waals surface area contributed by atoms with Crippen molar-refractivity contribution in [1.29, 1.82) is 0 Å². The van der Waals surface area contributed by atoms with Crippen LogP contribution in [0.3, 0.4) is 0 Å². The molecule has 8 nitrogen and oxygen atoms in total. The molecule has 2 aromatic heterocycles. The summed E-state index contributed by atoms with van der Waals surface area (Å²) in [6, 6.07) is 7.76. The lowest BCUT2D eigenvalue weighted by atomic mass is 10.2.